The Labute approximate surface area is 200 Å². The highest BCUT2D eigenvalue weighted by molar-refractivity contribution is 5.89. The van der Waals surface area contributed by atoms with Crippen LogP contribution in [0.15, 0.2) is 48.5 Å². The molecule has 0 saturated carbocycles. The van der Waals surface area contributed by atoms with Gasteiger partial charge in [0.05, 0.1) is 30.2 Å². The average molecular weight is 483 g/mol. The monoisotopic (exact) mass is 483 g/mol. The fourth-order valence-corrected chi connectivity index (χ4v) is 4.78. The van der Waals surface area contributed by atoms with Gasteiger partial charge in [-0.05, 0) is 24.0 Å². The number of hydrogen-bond acceptors (Lipinski definition) is 7. The Kier molecular flexibility index (Phi) is 7.08. The molecule has 1 saturated heterocycles. The number of benzene rings is 2. The van der Waals surface area contributed by atoms with Gasteiger partial charge in [-0.1, -0.05) is 42.5 Å². The highest BCUT2D eigenvalue weighted by Gasteiger charge is 2.46. The van der Waals surface area contributed by atoms with E-state index in [1.165, 1.54) is 17.0 Å². The molecule has 2 aromatic rings. The van der Waals surface area contributed by atoms with Crippen molar-refractivity contribution in [2.45, 2.75) is 43.4 Å². The number of rotatable bonds is 8. The van der Waals surface area contributed by atoms with Crippen LogP contribution in [-0.2, 0) is 32.0 Å². The SMILES string of the molecule is O=C(O)[C@H](CCc1ccccc1)N[C@H]1Cc2c(cccc2[N+](=O)[O-])[C@H]2COC[C@@H](C(=O)O)N2C1=O. The first-order valence-corrected chi connectivity index (χ1v) is 11.2. The number of aliphatic carboxylic acids is 2. The van der Waals surface area contributed by atoms with Gasteiger partial charge in [0.25, 0.3) is 5.69 Å². The maximum Gasteiger partial charge on any atom is 0.328 e. The molecule has 11 heteroatoms. The van der Waals surface area contributed by atoms with E-state index >= 15 is 0 Å². The van der Waals surface area contributed by atoms with Crippen LogP contribution >= 0.6 is 0 Å². The highest BCUT2D eigenvalue weighted by Crippen LogP contribution is 2.38. The van der Waals surface area contributed by atoms with Gasteiger partial charge in [0, 0.05) is 18.1 Å². The Balaban J connectivity index is 1.70. The number of fused-ring (bicyclic) bond motifs is 3. The van der Waals surface area contributed by atoms with E-state index in [1.54, 1.807) is 6.07 Å². The van der Waals surface area contributed by atoms with Crippen molar-refractivity contribution in [3.63, 3.8) is 0 Å². The van der Waals surface area contributed by atoms with Gasteiger partial charge in [0.2, 0.25) is 5.91 Å². The van der Waals surface area contributed by atoms with Crippen LogP contribution in [0.25, 0.3) is 0 Å². The maximum absolute atomic E-state index is 13.7. The summed E-state index contributed by atoms with van der Waals surface area (Å²) in [4.78, 5) is 50.0. The third-order valence-electron chi connectivity index (χ3n) is 6.48. The van der Waals surface area contributed by atoms with Crippen LogP contribution in [-0.4, -0.2) is 69.2 Å². The lowest BCUT2D eigenvalue weighted by Crippen LogP contribution is -2.59. The Morgan fingerprint density at radius 3 is 2.54 bits per heavy atom. The van der Waals surface area contributed by atoms with Crippen LogP contribution in [0.1, 0.15) is 29.2 Å². The second-order valence-electron chi connectivity index (χ2n) is 8.59. The maximum atomic E-state index is 13.7. The van der Waals surface area contributed by atoms with Crippen LogP contribution < -0.4 is 5.32 Å². The zero-order valence-corrected chi connectivity index (χ0v) is 18.7. The summed E-state index contributed by atoms with van der Waals surface area (Å²) < 4.78 is 5.46. The molecule has 184 valence electrons. The molecule has 3 N–H and O–H groups in total. The first-order chi connectivity index (χ1) is 16.8. The number of ether oxygens (including phenoxy) is 1. The zero-order chi connectivity index (χ0) is 25.1. The minimum atomic E-state index is -1.30. The van der Waals surface area contributed by atoms with Crippen molar-refractivity contribution in [2.24, 2.45) is 0 Å². The number of nitrogens with one attached hydrogen (secondary N) is 1. The number of aryl methyl sites for hydroxylation is 1. The van der Waals surface area contributed by atoms with Gasteiger partial charge in [-0.2, -0.15) is 0 Å². The quantitative estimate of drug-likeness (QED) is 0.374. The summed E-state index contributed by atoms with van der Waals surface area (Å²) in [6.45, 7) is -0.252. The fourth-order valence-electron chi connectivity index (χ4n) is 4.78. The number of amides is 1. The summed E-state index contributed by atoms with van der Waals surface area (Å²) in [5.74, 6) is -3.06. The first-order valence-electron chi connectivity index (χ1n) is 11.2. The lowest BCUT2D eigenvalue weighted by Gasteiger charge is -2.40. The molecule has 2 aromatic carbocycles. The summed E-state index contributed by atoms with van der Waals surface area (Å²) >= 11 is 0. The second-order valence-corrected chi connectivity index (χ2v) is 8.59. The molecule has 4 rings (SSSR count). The Morgan fingerprint density at radius 1 is 1.14 bits per heavy atom. The minimum Gasteiger partial charge on any atom is -0.480 e. The van der Waals surface area contributed by atoms with Gasteiger partial charge in [0.1, 0.15) is 6.04 Å². The lowest BCUT2D eigenvalue weighted by molar-refractivity contribution is -0.385. The van der Waals surface area contributed by atoms with E-state index in [0.29, 0.717) is 12.0 Å². The zero-order valence-electron chi connectivity index (χ0n) is 18.7. The number of morpholine rings is 1. The molecule has 2 aliphatic heterocycles. The van der Waals surface area contributed by atoms with Crippen LogP contribution in [0.4, 0.5) is 5.69 Å². The van der Waals surface area contributed by atoms with Gasteiger partial charge in [-0.25, -0.2) is 4.79 Å². The molecule has 0 aliphatic carbocycles. The number of hydrogen-bond donors (Lipinski definition) is 3. The van der Waals surface area contributed by atoms with Gasteiger partial charge in [0.15, 0.2) is 6.04 Å². The summed E-state index contributed by atoms with van der Waals surface area (Å²) in [7, 11) is 0. The van der Waals surface area contributed by atoms with Crippen molar-refractivity contribution in [1.82, 2.24) is 10.2 Å². The standard InChI is InChI=1S/C24H25N3O8/c28-22-18(25-17(23(29)30)10-9-14-5-2-1-3-6-14)11-16-15(7-4-8-19(16)27(33)34)20-12-35-13-21(24(31)32)26(20)22/h1-8,17-18,20-21,25H,9-13H2,(H,29,30)(H,31,32)/t17-,18-,20+,21-/m0/s1. The van der Waals surface area contributed by atoms with Gasteiger partial charge >= 0.3 is 11.9 Å². The number of nitro groups is 1. The Morgan fingerprint density at radius 2 is 1.89 bits per heavy atom. The van der Waals surface area contributed by atoms with Crippen LogP contribution in [0.3, 0.4) is 0 Å². The van der Waals surface area contributed by atoms with Crippen LogP contribution in [0.5, 0.6) is 0 Å². The Bertz CT molecular complexity index is 1140. The number of carbonyl (C=O) groups excluding carboxylic acids is 1. The predicted molar refractivity (Wildman–Crippen MR) is 122 cm³/mol. The van der Waals surface area contributed by atoms with Crippen LogP contribution in [0, 0.1) is 10.1 Å². The summed E-state index contributed by atoms with van der Waals surface area (Å²) in [5, 5.41) is 34.2. The summed E-state index contributed by atoms with van der Waals surface area (Å²) in [6, 6.07) is 9.24. The molecule has 0 spiro atoms. The van der Waals surface area contributed by atoms with E-state index in [2.05, 4.69) is 5.32 Å². The molecule has 0 bridgehead atoms. The largest absolute Gasteiger partial charge is 0.480 e. The predicted octanol–water partition coefficient (Wildman–Crippen LogP) is 1.55. The smallest absolute Gasteiger partial charge is 0.328 e. The molecule has 2 aliphatic rings. The molecule has 0 unspecified atom stereocenters. The van der Waals surface area contributed by atoms with E-state index in [-0.39, 0.29) is 37.3 Å². The van der Waals surface area contributed by atoms with Crippen molar-refractivity contribution in [2.75, 3.05) is 13.2 Å². The minimum absolute atomic E-state index is 0.0211. The van der Waals surface area contributed by atoms with Gasteiger partial charge in [-0.3, -0.25) is 25.0 Å². The Hall–Kier alpha value is -3.83. The first kappa shape index (κ1) is 24.3. The van der Waals surface area contributed by atoms with Crippen molar-refractivity contribution in [3.05, 3.63) is 75.3 Å². The van der Waals surface area contributed by atoms with Gasteiger partial charge in [-0.15, -0.1) is 0 Å². The molecule has 0 aromatic heterocycles. The summed E-state index contributed by atoms with van der Waals surface area (Å²) in [5.41, 5.74) is 1.40. The van der Waals surface area contributed by atoms with Crippen molar-refractivity contribution in [3.8, 4) is 0 Å². The molecule has 0 radical (unpaired) electrons. The normalized spacial score (nSPS) is 22.5. The topological polar surface area (TPSA) is 159 Å². The lowest BCUT2D eigenvalue weighted by atomic mass is 9.95. The van der Waals surface area contributed by atoms with E-state index < -0.39 is 46.9 Å². The molecule has 35 heavy (non-hydrogen) atoms. The number of carboxylic acids is 2. The highest BCUT2D eigenvalue weighted by atomic mass is 16.6. The molecule has 2 heterocycles. The van der Waals surface area contributed by atoms with Crippen molar-refractivity contribution in [1.29, 1.82) is 0 Å². The van der Waals surface area contributed by atoms with Crippen LogP contribution in [0.2, 0.25) is 0 Å². The molecule has 4 atom stereocenters. The molecular formula is C24H25N3O8. The third kappa shape index (κ3) is 5.00. The fraction of sp³-hybridized carbons (Fsp3) is 0.375. The third-order valence-corrected chi connectivity index (χ3v) is 6.48. The number of nitrogens with zero attached hydrogens (tertiary/aromatic N) is 2. The molecule has 11 nitrogen and oxygen atoms in total. The summed E-state index contributed by atoms with van der Waals surface area (Å²) in [6.07, 6.45) is 0.446. The number of carboxylic acid groups (broad SMARTS) is 2. The average Bonchev–Trinajstić information content (AvgIpc) is 2.96. The number of nitro benzene ring substituents is 1. The van der Waals surface area contributed by atoms with Crippen molar-refractivity contribution >= 4 is 23.5 Å². The number of carbonyl (C=O) groups is 3. The molecule has 1 amide bonds. The molecule has 1 fully saturated rings. The van der Waals surface area contributed by atoms with Gasteiger partial charge < -0.3 is 19.8 Å². The molecular weight excluding hydrogens is 458 g/mol. The van der Waals surface area contributed by atoms with E-state index in [0.717, 1.165) is 5.56 Å². The van der Waals surface area contributed by atoms with Crippen molar-refractivity contribution < 1.29 is 34.3 Å². The van der Waals surface area contributed by atoms with E-state index in [9.17, 15) is 34.7 Å². The second kappa shape index (κ2) is 10.2. The van der Waals surface area contributed by atoms with E-state index in [4.69, 9.17) is 4.74 Å². The van der Waals surface area contributed by atoms with E-state index in [1.807, 2.05) is 30.3 Å².